The van der Waals surface area contributed by atoms with Crippen molar-refractivity contribution in [3.63, 3.8) is 0 Å². The molecule has 0 rings (SSSR count). The van der Waals surface area contributed by atoms with Crippen LogP contribution in [0.25, 0.3) is 0 Å². The highest BCUT2D eigenvalue weighted by Gasteiger charge is 2.19. The molecule has 0 N–H and O–H groups in total. The number of hydrogen-bond donors (Lipinski definition) is 0. The number of rotatable bonds is 62. The number of esters is 3. The molecule has 0 bridgehead atoms. The summed E-state index contributed by atoms with van der Waals surface area (Å²) in [4.78, 5) is 37.9. The molecule has 0 aromatic heterocycles. The van der Waals surface area contributed by atoms with Crippen LogP contribution in [0.4, 0.5) is 0 Å². The average Bonchev–Trinajstić information content (AvgIpc) is 3.42. The number of carbonyl (C=O) groups excluding carboxylic acids is 3. The van der Waals surface area contributed by atoms with Gasteiger partial charge in [0.2, 0.25) is 0 Å². The van der Waals surface area contributed by atoms with Gasteiger partial charge < -0.3 is 14.2 Å². The highest BCUT2D eigenvalue weighted by Crippen LogP contribution is 2.18. The minimum atomic E-state index is -0.776. The standard InChI is InChI=1S/C70H128O6/c1-4-7-10-13-15-17-19-21-23-25-27-28-29-30-31-32-33-34-35-36-37-38-39-40-41-43-44-46-48-50-52-54-57-60-63-69(72)75-66-67(65-74-68(71)62-59-56-12-9-6-3)76-70(73)64-61-58-55-53-51-49-47-45-42-26-24-22-20-18-16-14-11-8-5-2/h8,11,16,18,22,24,42,45,67H,4-7,9-10,12-15,17,19-21,23,25-41,43-44,46-66H2,1-3H3/b11-8-,18-16-,24-22-,45-42-. The van der Waals surface area contributed by atoms with Crippen LogP contribution in [0.15, 0.2) is 48.6 Å². The van der Waals surface area contributed by atoms with Gasteiger partial charge in [0.25, 0.3) is 0 Å². The molecule has 1 atom stereocenters. The summed E-state index contributed by atoms with van der Waals surface area (Å²) in [6.07, 6.45) is 82.1. The van der Waals surface area contributed by atoms with Crippen molar-refractivity contribution in [2.75, 3.05) is 13.2 Å². The molecule has 76 heavy (non-hydrogen) atoms. The molecule has 1 unspecified atom stereocenters. The maximum Gasteiger partial charge on any atom is 0.306 e. The molecule has 0 saturated carbocycles. The fourth-order valence-corrected chi connectivity index (χ4v) is 10.1. The lowest BCUT2D eigenvalue weighted by molar-refractivity contribution is -0.167. The van der Waals surface area contributed by atoms with Crippen molar-refractivity contribution in [2.24, 2.45) is 0 Å². The van der Waals surface area contributed by atoms with E-state index in [0.29, 0.717) is 19.3 Å². The third kappa shape index (κ3) is 62.2. The van der Waals surface area contributed by atoms with Gasteiger partial charge in [-0.3, -0.25) is 14.4 Å². The zero-order valence-corrected chi connectivity index (χ0v) is 51.0. The van der Waals surface area contributed by atoms with Gasteiger partial charge in [-0.2, -0.15) is 0 Å². The minimum absolute atomic E-state index is 0.0761. The summed E-state index contributed by atoms with van der Waals surface area (Å²) in [7, 11) is 0. The molecule has 0 aliphatic heterocycles. The number of hydrogen-bond acceptors (Lipinski definition) is 6. The second-order valence-corrected chi connectivity index (χ2v) is 22.7. The molecule has 6 heteroatoms. The summed E-state index contributed by atoms with van der Waals surface area (Å²) in [6.45, 7) is 6.48. The molecule has 0 fully saturated rings. The van der Waals surface area contributed by atoms with Crippen LogP contribution in [0.1, 0.15) is 361 Å². The second-order valence-electron chi connectivity index (χ2n) is 22.7. The van der Waals surface area contributed by atoms with Gasteiger partial charge in [-0.05, 0) is 57.8 Å². The van der Waals surface area contributed by atoms with E-state index in [4.69, 9.17) is 14.2 Å². The molecular formula is C70H128O6. The summed E-state index contributed by atoms with van der Waals surface area (Å²) in [5.74, 6) is -0.888. The lowest BCUT2D eigenvalue weighted by Gasteiger charge is -2.18. The Morgan fingerprint density at radius 2 is 0.513 bits per heavy atom. The van der Waals surface area contributed by atoms with Crippen molar-refractivity contribution in [2.45, 2.75) is 367 Å². The van der Waals surface area contributed by atoms with E-state index in [1.165, 1.54) is 218 Å². The largest absolute Gasteiger partial charge is 0.462 e. The zero-order valence-electron chi connectivity index (χ0n) is 51.0. The van der Waals surface area contributed by atoms with Crippen LogP contribution in [0.5, 0.6) is 0 Å². The van der Waals surface area contributed by atoms with Gasteiger partial charge in [0, 0.05) is 19.3 Å². The lowest BCUT2D eigenvalue weighted by atomic mass is 10.0. The molecule has 0 amide bonds. The highest BCUT2D eigenvalue weighted by molar-refractivity contribution is 5.71. The minimum Gasteiger partial charge on any atom is -0.462 e. The molecule has 0 aromatic rings. The topological polar surface area (TPSA) is 78.9 Å². The van der Waals surface area contributed by atoms with Crippen LogP contribution < -0.4 is 0 Å². The Bertz CT molecular complexity index is 1310. The molecule has 0 aromatic carbocycles. The van der Waals surface area contributed by atoms with E-state index in [-0.39, 0.29) is 31.1 Å². The Hall–Kier alpha value is -2.63. The summed E-state index contributed by atoms with van der Waals surface area (Å²) in [5, 5.41) is 0. The van der Waals surface area contributed by atoms with Gasteiger partial charge in [0.15, 0.2) is 6.10 Å². The van der Waals surface area contributed by atoms with Gasteiger partial charge in [0.05, 0.1) is 0 Å². The number of unbranched alkanes of at least 4 members (excludes halogenated alkanes) is 43. The van der Waals surface area contributed by atoms with Gasteiger partial charge in [-0.25, -0.2) is 0 Å². The molecule has 0 radical (unpaired) electrons. The molecule has 0 saturated heterocycles. The van der Waals surface area contributed by atoms with E-state index in [1.807, 2.05) is 0 Å². The summed E-state index contributed by atoms with van der Waals surface area (Å²) < 4.78 is 16.8. The first-order chi connectivity index (χ1) is 37.5. The molecular weight excluding hydrogens is 937 g/mol. The average molecular weight is 1070 g/mol. The molecule has 0 heterocycles. The third-order valence-electron chi connectivity index (χ3n) is 15.1. The summed E-state index contributed by atoms with van der Waals surface area (Å²) in [5.41, 5.74) is 0. The van der Waals surface area contributed by atoms with Crippen molar-refractivity contribution in [1.29, 1.82) is 0 Å². The molecule has 0 spiro atoms. The second kappa shape index (κ2) is 64.9. The number of allylic oxidation sites excluding steroid dienone is 8. The van der Waals surface area contributed by atoms with Crippen LogP contribution in [0.3, 0.4) is 0 Å². The van der Waals surface area contributed by atoms with E-state index in [1.54, 1.807) is 0 Å². The molecule has 0 aliphatic rings. The Morgan fingerprint density at radius 1 is 0.276 bits per heavy atom. The monoisotopic (exact) mass is 1060 g/mol. The maximum absolute atomic E-state index is 12.8. The van der Waals surface area contributed by atoms with Crippen LogP contribution >= 0.6 is 0 Å². The SMILES string of the molecule is CC/C=C\C/C=C\C/C=C\C/C=C\CCCCCCCCC(=O)OC(COC(=O)CCCCCCC)COC(=O)CCCCCCCCCCCCCCCCCCCCCCCCCCCCCCCCCCCC. The van der Waals surface area contributed by atoms with Crippen molar-refractivity contribution in [3.8, 4) is 0 Å². The Morgan fingerprint density at radius 3 is 0.803 bits per heavy atom. The van der Waals surface area contributed by atoms with E-state index in [2.05, 4.69) is 69.4 Å². The van der Waals surface area contributed by atoms with Crippen LogP contribution in [0.2, 0.25) is 0 Å². The van der Waals surface area contributed by atoms with E-state index < -0.39 is 6.10 Å². The summed E-state index contributed by atoms with van der Waals surface area (Å²) >= 11 is 0. The molecule has 6 nitrogen and oxygen atoms in total. The van der Waals surface area contributed by atoms with Crippen molar-refractivity contribution in [3.05, 3.63) is 48.6 Å². The van der Waals surface area contributed by atoms with E-state index in [9.17, 15) is 14.4 Å². The molecule has 0 aliphatic carbocycles. The zero-order chi connectivity index (χ0) is 55.0. The fourth-order valence-electron chi connectivity index (χ4n) is 10.1. The first-order valence-electron chi connectivity index (χ1n) is 33.6. The highest BCUT2D eigenvalue weighted by atomic mass is 16.6. The Balaban J connectivity index is 3.89. The van der Waals surface area contributed by atoms with Crippen molar-refractivity contribution in [1.82, 2.24) is 0 Å². The predicted octanol–water partition coefficient (Wildman–Crippen LogP) is 22.9. The normalized spacial score (nSPS) is 12.3. The van der Waals surface area contributed by atoms with Crippen LogP contribution in [-0.2, 0) is 28.6 Å². The number of ether oxygens (including phenoxy) is 3. The lowest BCUT2D eigenvalue weighted by Crippen LogP contribution is -2.30. The summed E-state index contributed by atoms with van der Waals surface area (Å²) in [6, 6.07) is 0. The van der Waals surface area contributed by atoms with Crippen molar-refractivity contribution >= 4 is 17.9 Å². The molecule has 444 valence electrons. The Labute approximate surface area is 473 Å². The fraction of sp³-hybridized carbons (Fsp3) is 0.843. The van der Waals surface area contributed by atoms with Crippen LogP contribution in [-0.4, -0.2) is 37.2 Å². The first kappa shape index (κ1) is 73.4. The third-order valence-corrected chi connectivity index (χ3v) is 15.1. The number of carbonyl (C=O) groups is 3. The van der Waals surface area contributed by atoms with Crippen molar-refractivity contribution < 1.29 is 28.6 Å². The maximum atomic E-state index is 12.8. The predicted molar refractivity (Wildman–Crippen MR) is 330 cm³/mol. The van der Waals surface area contributed by atoms with E-state index in [0.717, 1.165) is 103 Å². The van der Waals surface area contributed by atoms with Gasteiger partial charge in [-0.1, -0.05) is 333 Å². The quantitative estimate of drug-likeness (QED) is 0.0261. The van der Waals surface area contributed by atoms with Gasteiger partial charge >= 0.3 is 17.9 Å². The first-order valence-corrected chi connectivity index (χ1v) is 33.6. The van der Waals surface area contributed by atoms with E-state index >= 15 is 0 Å². The smallest absolute Gasteiger partial charge is 0.306 e. The van der Waals surface area contributed by atoms with Crippen LogP contribution in [0, 0.1) is 0 Å². The Kier molecular flexibility index (Phi) is 62.6. The van der Waals surface area contributed by atoms with Gasteiger partial charge in [0.1, 0.15) is 13.2 Å². The van der Waals surface area contributed by atoms with Gasteiger partial charge in [-0.15, -0.1) is 0 Å².